The van der Waals surface area contributed by atoms with E-state index in [-0.39, 0.29) is 10.1 Å². The third-order valence-electron chi connectivity index (χ3n) is 2.16. The molecule has 82 valence electrons. The first-order valence-electron chi connectivity index (χ1n) is 4.61. The molecule has 1 aliphatic rings. The van der Waals surface area contributed by atoms with Crippen molar-refractivity contribution in [2.75, 3.05) is 11.5 Å². The summed E-state index contributed by atoms with van der Waals surface area (Å²) in [5.41, 5.74) is 0.240. The summed E-state index contributed by atoms with van der Waals surface area (Å²) in [6.07, 6.45) is 1.14. The number of thiol groups is 1. The molecule has 1 saturated heterocycles. The normalized spacial score (nSPS) is 21.7. The van der Waals surface area contributed by atoms with Gasteiger partial charge in [0.1, 0.15) is 17.4 Å². The standard InChI is InChI=1S/C10H9BrF2S2/c11-6-4-7(12)9(8(13)5-6)10-14-2-1-3-15-10/h4-5,10H,1-3H2/p+1. The summed E-state index contributed by atoms with van der Waals surface area (Å²) in [5.74, 6) is 1.15. The Morgan fingerprint density at radius 1 is 1.33 bits per heavy atom. The fourth-order valence-electron chi connectivity index (χ4n) is 1.48. The summed E-state index contributed by atoms with van der Waals surface area (Å²) in [6.45, 7) is 0. The van der Waals surface area contributed by atoms with Gasteiger partial charge in [0.15, 0.2) is 4.58 Å². The maximum absolute atomic E-state index is 13.6. The second-order valence-corrected chi connectivity index (χ2v) is 7.07. The maximum atomic E-state index is 13.6. The van der Waals surface area contributed by atoms with Gasteiger partial charge in [0.25, 0.3) is 0 Å². The third kappa shape index (κ3) is 2.68. The molecule has 1 aliphatic heterocycles. The molecule has 0 nitrogen and oxygen atoms in total. The predicted octanol–water partition coefficient (Wildman–Crippen LogP) is 3.68. The molecule has 1 heterocycles. The Morgan fingerprint density at radius 3 is 2.53 bits per heavy atom. The van der Waals surface area contributed by atoms with E-state index in [2.05, 4.69) is 15.9 Å². The Hall–Kier alpha value is 0.260. The summed E-state index contributed by atoms with van der Waals surface area (Å²) in [6, 6.07) is 2.67. The highest BCUT2D eigenvalue weighted by atomic mass is 79.9. The molecule has 1 atom stereocenters. The van der Waals surface area contributed by atoms with E-state index in [0.29, 0.717) is 4.47 Å². The number of halogens is 3. The van der Waals surface area contributed by atoms with E-state index in [1.165, 1.54) is 12.1 Å². The molecule has 0 N–H and O–H groups in total. The molecule has 0 spiro atoms. The average Bonchev–Trinajstić information content (AvgIpc) is 2.17. The van der Waals surface area contributed by atoms with Crippen molar-refractivity contribution in [3.05, 3.63) is 33.8 Å². The first-order valence-corrected chi connectivity index (χ1v) is 7.60. The third-order valence-corrected chi connectivity index (χ3v) is 5.76. The monoisotopic (exact) mass is 311 g/mol. The maximum Gasteiger partial charge on any atom is 0.192 e. The smallest absolute Gasteiger partial charge is 0.192 e. The van der Waals surface area contributed by atoms with E-state index in [0.717, 1.165) is 29.7 Å². The molecule has 1 aromatic rings. The van der Waals surface area contributed by atoms with Crippen LogP contribution in [0.1, 0.15) is 16.6 Å². The van der Waals surface area contributed by atoms with Crippen LogP contribution in [0.15, 0.2) is 16.6 Å². The topological polar surface area (TPSA) is 0 Å². The van der Waals surface area contributed by atoms with E-state index in [1.54, 1.807) is 11.8 Å². The van der Waals surface area contributed by atoms with Gasteiger partial charge in [-0.3, -0.25) is 0 Å². The first kappa shape index (κ1) is 11.7. The molecular formula is C10H10BrF2S2+. The second-order valence-electron chi connectivity index (χ2n) is 3.27. The summed E-state index contributed by atoms with van der Waals surface area (Å²) < 4.78 is 27.6. The largest absolute Gasteiger partial charge is 0.206 e. The van der Waals surface area contributed by atoms with Crippen LogP contribution in [0.25, 0.3) is 0 Å². The second kappa shape index (κ2) is 5.06. The minimum Gasteiger partial charge on any atom is -0.206 e. The minimum atomic E-state index is -0.436. The lowest BCUT2D eigenvalue weighted by molar-refractivity contribution is 0.563. The molecule has 0 aliphatic carbocycles. The predicted molar refractivity (Wildman–Crippen MR) is 67.5 cm³/mol. The van der Waals surface area contributed by atoms with Crippen molar-refractivity contribution >= 4 is 39.5 Å². The lowest BCUT2D eigenvalue weighted by Gasteiger charge is -2.15. The summed E-state index contributed by atoms with van der Waals surface area (Å²) in [5, 5.41) is 0. The van der Waals surface area contributed by atoms with Gasteiger partial charge in [0.2, 0.25) is 0 Å². The van der Waals surface area contributed by atoms with Crippen LogP contribution < -0.4 is 0 Å². The van der Waals surface area contributed by atoms with Gasteiger partial charge < -0.3 is 0 Å². The molecule has 0 radical (unpaired) electrons. The van der Waals surface area contributed by atoms with Crippen molar-refractivity contribution in [3.63, 3.8) is 0 Å². The molecule has 5 heteroatoms. The van der Waals surface area contributed by atoms with Crippen LogP contribution in [0.5, 0.6) is 0 Å². The Morgan fingerprint density at radius 2 is 2.00 bits per heavy atom. The summed E-state index contributed by atoms with van der Waals surface area (Å²) in [4.78, 5) is 0. The quantitative estimate of drug-likeness (QED) is 0.563. The molecule has 1 unspecified atom stereocenters. The Labute approximate surface area is 104 Å². The number of hydrogen-bond donors (Lipinski definition) is 0. The van der Waals surface area contributed by atoms with E-state index < -0.39 is 11.6 Å². The lowest BCUT2D eigenvalue weighted by Crippen LogP contribution is -2.11. The first-order chi connectivity index (χ1) is 7.18. The molecule has 15 heavy (non-hydrogen) atoms. The van der Waals surface area contributed by atoms with E-state index >= 15 is 0 Å². The molecule has 0 amide bonds. The molecule has 0 aromatic heterocycles. The van der Waals surface area contributed by atoms with Crippen LogP contribution in [0, 0.1) is 11.6 Å². The molecule has 0 saturated carbocycles. The van der Waals surface area contributed by atoms with Gasteiger partial charge in [-0.1, -0.05) is 15.9 Å². The molecule has 2 rings (SSSR count). The van der Waals surface area contributed by atoms with Crippen LogP contribution in [0.3, 0.4) is 0 Å². The van der Waals surface area contributed by atoms with Gasteiger partial charge in [-0.15, -0.1) is 11.8 Å². The fourth-order valence-corrected chi connectivity index (χ4v) is 5.09. The highest BCUT2D eigenvalue weighted by Gasteiger charge is 2.29. The molecule has 1 fully saturated rings. The number of thioether (sulfide) groups is 1. The average molecular weight is 312 g/mol. The van der Waals surface area contributed by atoms with E-state index in [9.17, 15) is 8.78 Å². The highest BCUT2D eigenvalue weighted by Crippen LogP contribution is 2.38. The van der Waals surface area contributed by atoms with Gasteiger partial charge in [-0.05, 0) is 23.9 Å². The van der Waals surface area contributed by atoms with Crippen LogP contribution in [-0.2, 0) is 11.8 Å². The Bertz CT molecular complexity index is 341. The van der Waals surface area contributed by atoms with Gasteiger partial charge in [-0.25, -0.2) is 8.78 Å². The zero-order valence-electron chi connectivity index (χ0n) is 7.84. The van der Waals surface area contributed by atoms with Crippen LogP contribution in [0.2, 0.25) is 0 Å². The van der Waals surface area contributed by atoms with Crippen LogP contribution in [-0.4, -0.2) is 11.5 Å². The molecular weight excluding hydrogens is 302 g/mol. The van der Waals surface area contributed by atoms with Crippen LogP contribution >= 0.6 is 27.7 Å². The summed E-state index contributed by atoms with van der Waals surface area (Å²) >= 11 is 5.85. The number of hydrogen-bond acceptors (Lipinski definition) is 1. The highest BCUT2D eigenvalue weighted by molar-refractivity contribution is 9.10. The van der Waals surface area contributed by atoms with Gasteiger partial charge in [-0.2, -0.15) is 0 Å². The van der Waals surface area contributed by atoms with Crippen molar-refractivity contribution in [1.29, 1.82) is 0 Å². The fraction of sp³-hybridized carbons (Fsp3) is 0.400. The Kier molecular flexibility index (Phi) is 3.96. The zero-order chi connectivity index (χ0) is 10.8. The Balaban J connectivity index is 2.33. The van der Waals surface area contributed by atoms with Gasteiger partial charge in [0, 0.05) is 16.6 Å². The minimum absolute atomic E-state index is 0.0353. The van der Waals surface area contributed by atoms with Gasteiger partial charge >= 0.3 is 0 Å². The van der Waals surface area contributed by atoms with Crippen molar-refractivity contribution in [3.8, 4) is 0 Å². The van der Waals surface area contributed by atoms with E-state index in [1.807, 2.05) is 0 Å². The zero-order valence-corrected chi connectivity index (χ0v) is 11.1. The van der Waals surface area contributed by atoms with Crippen LogP contribution in [0.4, 0.5) is 8.78 Å². The van der Waals surface area contributed by atoms with Crippen molar-refractivity contribution in [1.82, 2.24) is 0 Å². The number of benzene rings is 1. The molecule has 0 bridgehead atoms. The van der Waals surface area contributed by atoms with Gasteiger partial charge in [0.05, 0.1) is 5.56 Å². The SMILES string of the molecule is Fc1cc(Br)cc(F)c1C1SCCC[SH+]1. The van der Waals surface area contributed by atoms with E-state index in [4.69, 9.17) is 0 Å². The molecule has 1 aromatic carbocycles. The lowest BCUT2D eigenvalue weighted by atomic mass is 10.2. The van der Waals surface area contributed by atoms with Crippen molar-refractivity contribution in [2.45, 2.75) is 11.0 Å². The summed E-state index contributed by atoms with van der Waals surface area (Å²) in [7, 11) is 0. The van der Waals surface area contributed by atoms with Crippen molar-refractivity contribution < 1.29 is 8.78 Å². The van der Waals surface area contributed by atoms with Crippen molar-refractivity contribution in [2.24, 2.45) is 0 Å². The number of rotatable bonds is 1.